The molecule has 0 atom stereocenters. The number of alkyl halides is 3. The lowest BCUT2D eigenvalue weighted by Gasteiger charge is -2.16. The van der Waals surface area contributed by atoms with E-state index in [2.05, 4.69) is 15.0 Å². The Hall–Kier alpha value is -4.58. The maximum atomic E-state index is 13.4. The van der Waals surface area contributed by atoms with E-state index in [-0.39, 0.29) is 22.1 Å². The minimum absolute atomic E-state index is 0.0423. The summed E-state index contributed by atoms with van der Waals surface area (Å²) in [5.41, 5.74) is 3.95. The summed E-state index contributed by atoms with van der Waals surface area (Å²) in [6, 6.07) is 10.6. The van der Waals surface area contributed by atoms with Gasteiger partial charge in [0.2, 0.25) is 0 Å². The summed E-state index contributed by atoms with van der Waals surface area (Å²) in [6.07, 6.45) is -1.99. The van der Waals surface area contributed by atoms with Gasteiger partial charge in [-0.25, -0.2) is 19.3 Å². The van der Waals surface area contributed by atoms with E-state index in [1.54, 1.807) is 24.3 Å². The quantitative estimate of drug-likeness (QED) is 0.380. The number of halogens is 3. The van der Waals surface area contributed by atoms with E-state index < -0.39 is 29.7 Å². The van der Waals surface area contributed by atoms with Crippen LogP contribution < -0.4 is 17.0 Å². The molecule has 12 heteroatoms. The van der Waals surface area contributed by atoms with Crippen molar-refractivity contribution in [1.29, 1.82) is 0 Å². The van der Waals surface area contributed by atoms with Crippen LogP contribution in [-0.2, 0) is 12.9 Å². The van der Waals surface area contributed by atoms with Gasteiger partial charge in [-0.2, -0.15) is 13.2 Å². The first-order valence-electron chi connectivity index (χ1n) is 10.1. The highest BCUT2D eigenvalue weighted by Crippen LogP contribution is 2.31. The third kappa shape index (κ3) is 3.69. The fraction of sp³-hybridized carbons (Fsp3) is 0.0870. The van der Waals surface area contributed by atoms with Crippen LogP contribution >= 0.6 is 0 Å². The average molecular weight is 480 g/mol. The van der Waals surface area contributed by atoms with Gasteiger partial charge in [0, 0.05) is 18.0 Å². The molecule has 0 saturated heterocycles. The first-order chi connectivity index (χ1) is 16.7. The number of anilines is 1. The molecule has 3 N–H and O–H groups in total. The molecular formula is C23H15F3N6O3. The molecule has 0 bridgehead atoms. The van der Waals surface area contributed by atoms with Gasteiger partial charge >= 0.3 is 11.9 Å². The van der Waals surface area contributed by atoms with Gasteiger partial charge in [-0.05, 0) is 42.5 Å². The lowest BCUT2D eigenvalue weighted by Crippen LogP contribution is -2.39. The first kappa shape index (κ1) is 22.2. The maximum absolute atomic E-state index is 13.4. The van der Waals surface area contributed by atoms with Gasteiger partial charge in [-0.15, -0.1) is 0 Å². The second-order valence-corrected chi connectivity index (χ2v) is 7.60. The van der Waals surface area contributed by atoms with Crippen molar-refractivity contribution in [2.24, 2.45) is 0 Å². The Bertz CT molecular complexity index is 1730. The smallest absolute Gasteiger partial charge is 0.384 e. The van der Waals surface area contributed by atoms with Gasteiger partial charge in [0.1, 0.15) is 18.1 Å². The molecule has 4 heterocycles. The second-order valence-electron chi connectivity index (χ2n) is 7.60. The molecule has 5 rings (SSSR count). The number of hydrogen-bond acceptors (Lipinski definition) is 7. The molecule has 1 aromatic carbocycles. The fourth-order valence-electron chi connectivity index (χ4n) is 3.79. The van der Waals surface area contributed by atoms with Gasteiger partial charge in [-0.1, -0.05) is 6.07 Å². The molecule has 0 radical (unpaired) electrons. The molecule has 4 aromatic heterocycles. The van der Waals surface area contributed by atoms with Crippen molar-refractivity contribution in [2.75, 3.05) is 5.73 Å². The molecule has 0 aliphatic heterocycles. The molecule has 5 aromatic rings. The van der Waals surface area contributed by atoms with E-state index in [1.807, 2.05) is 0 Å². The summed E-state index contributed by atoms with van der Waals surface area (Å²) in [7, 11) is 0. The normalized spacial score (nSPS) is 11.9. The molecule has 0 spiro atoms. The van der Waals surface area contributed by atoms with E-state index in [9.17, 15) is 27.9 Å². The molecule has 9 nitrogen and oxygen atoms in total. The molecular weight excluding hydrogens is 465 g/mol. The standard InChI is InChI=1S/C23H15F3N6O3/c24-23(25,26)13-2-1-3-14(8-13)32-20-15(21(34)31(11-33)22(32)35)10-28-17-6-5-16(30-19(17)20)12-4-7-18(27)29-9-12/h1-10,33H,11H2,(H2,27,29). The van der Waals surface area contributed by atoms with Crippen molar-refractivity contribution in [2.45, 2.75) is 12.9 Å². The minimum atomic E-state index is -4.67. The monoisotopic (exact) mass is 480 g/mol. The molecule has 0 aliphatic rings. The van der Waals surface area contributed by atoms with Crippen molar-refractivity contribution in [3.63, 3.8) is 0 Å². The van der Waals surface area contributed by atoms with Gasteiger partial charge in [0.15, 0.2) is 0 Å². The van der Waals surface area contributed by atoms with Gasteiger partial charge in [-0.3, -0.25) is 14.3 Å². The van der Waals surface area contributed by atoms with Crippen LogP contribution in [0.4, 0.5) is 19.0 Å². The molecule has 0 saturated carbocycles. The number of aliphatic hydroxyl groups excluding tert-OH is 1. The van der Waals surface area contributed by atoms with Crippen molar-refractivity contribution >= 4 is 27.8 Å². The molecule has 0 amide bonds. The van der Waals surface area contributed by atoms with Crippen LogP contribution in [0.1, 0.15) is 5.56 Å². The zero-order valence-corrected chi connectivity index (χ0v) is 17.7. The van der Waals surface area contributed by atoms with Crippen LogP contribution in [0.3, 0.4) is 0 Å². The van der Waals surface area contributed by atoms with Crippen molar-refractivity contribution in [1.82, 2.24) is 24.1 Å². The minimum Gasteiger partial charge on any atom is -0.384 e. The molecule has 0 aliphatic carbocycles. The lowest BCUT2D eigenvalue weighted by molar-refractivity contribution is -0.137. The number of pyridine rings is 3. The van der Waals surface area contributed by atoms with Crippen LogP contribution in [0.25, 0.3) is 38.9 Å². The maximum Gasteiger partial charge on any atom is 0.416 e. The molecule has 0 fully saturated rings. The number of rotatable bonds is 3. The Kier molecular flexibility index (Phi) is 5.09. The van der Waals surface area contributed by atoms with Gasteiger partial charge in [0.25, 0.3) is 5.56 Å². The van der Waals surface area contributed by atoms with E-state index >= 15 is 0 Å². The van der Waals surface area contributed by atoms with E-state index in [4.69, 9.17) is 5.73 Å². The number of nitrogens with zero attached hydrogens (tertiary/aromatic N) is 5. The number of fused-ring (bicyclic) bond motifs is 3. The van der Waals surface area contributed by atoms with Crippen LogP contribution in [0.15, 0.2) is 70.5 Å². The SMILES string of the molecule is Nc1ccc(-c2ccc3ncc4c(=O)n(CO)c(=O)n(-c5cccc(C(F)(F)F)c5)c4c3n2)cn1. The number of aromatic nitrogens is 5. The largest absolute Gasteiger partial charge is 0.416 e. The zero-order chi connectivity index (χ0) is 24.9. The van der Waals surface area contributed by atoms with E-state index in [1.165, 1.54) is 18.5 Å². The summed E-state index contributed by atoms with van der Waals surface area (Å²) in [4.78, 5) is 39.0. The Morgan fingerprint density at radius 1 is 1.00 bits per heavy atom. The Labute approximate surface area is 193 Å². The number of nitrogen functional groups attached to an aromatic ring is 1. The third-order valence-electron chi connectivity index (χ3n) is 5.46. The molecule has 0 unspecified atom stereocenters. The second kappa shape index (κ2) is 8.02. The predicted octanol–water partition coefficient (Wildman–Crippen LogP) is 2.71. The fourth-order valence-corrected chi connectivity index (χ4v) is 3.79. The predicted molar refractivity (Wildman–Crippen MR) is 122 cm³/mol. The highest BCUT2D eigenvalue weighted by atomic mass is 19.4. The Morgan fingerprint density at radius 3 is 2.49 bits per heavy atom. The van der Waals surface area contributed by atoms with E-state index in [0.717, 1.165) is 22.8 Å². The average Bonchev–Trinajstić information content (AvgIpc) is 2.84. The number of aliphatic hydroxyl groups is 1. The summed E-state index contributed by atoms with van der Waals surface area (Å²) < 4.78 is 41.7. The highest BCUT2D eigenvalue weighted by Gasteiger charge is 2.31. The summed E-state index contributed by atoms with van der Waals surface area (Å²) >= 11 is 0. The lowest BCUT2D eigenvalue weighted by atomic mass is 10.1. The van der Waals surface area contributed by atoms with Gasteiger partial charge < -0.3 is 10.8 Å². The summed E-state index contributed by atoms with van der Waals surface area (Å²) in [6.45, 7) is -0.977. The molecule has 35 heavy (non-hydrogen) atoms. The topological polar surface area (TPSA) is 129 Å². The first-order valence-corrected chi connectivity index (χ1v) is 10.1. The van der Waals surface area contributed by atoms with Crippen LogP contribution in [-0.4, -0.2) is 29.2 Å². The van der Waals surface area contributed by atoms with E-state index in [0.29, 0.717) is 27.2 Å². The number of hydrogen-bond donors (Lipinski definition) is 2. The van der Waals surface area contributed by atoms with Crippen LogP contribution in [0, 0.1) is 0 Å². The molecule has 176 valence electrons. The van der Waals surface area contributed by atoms with Gasteiger partial charge in [0.05, 0.1) is 33.4 Å². The highest BCUT2D eigenvalue weighted by molar-refractivity contribution is 6.01. The van der Waals surface area contributed by atoms with Crippen LogP contribution in [0.2, 0.25) is 0 Å². The Morgan fingerprint density at radius 2 is 1.80 bits per heavy atom. The Balaban J connectivity index is 1.93. The number of benzene rings is 1. The van der Waals surface area contributed by atoms with Crippen molar-refractivity contribution in [3.8, 4) is 16.9 Å². The van der Waals surface area contributed by atoms with Crippen molar-refractivity contribution in [3.05, 3.63) is 87.3 Å². The zero-order valence-electron chi connectivity index (χ0n) is 17.7. The van der Waals surface area contributed by atoms with Crippen LogP contribution in [0.5, 0.6) is 0 Å². The number of nitrogens with two attached hydrogens (primary N) is 1. The van der Waals surface area contributed by atoms with Crippen molar-refractivity contribution < 1.29 is 18.3 Å². The summed E-state index contributed by atoms with van der Waals surface area (Å²) in [5.74, 6) is 0.296. The summed E-state index contributed by atoms with van der Waals surface area (Å²) in [5, 5.41) is 9.55. The third-order valence-corrected chi connectivity index (χ3v) is 5.46.